The SMILES string of the molecule is CC#CC(Br)=C1CCCCC1. The van der Waals surface area contributed by atoms with Gasteiger partial charge in [0.05, 0.1) is 4.48 Å². The predicted molar refractivity (Wildman–Crippen MR) is 52.5 cm³/mol. The first-order valence-corrected chi connectivity index (χ1v) is 4.94. The van der Waals surface area contributed by atoms with Crippen LogP contribution < -0.4 is 0 Å². The Hall–Kier alpha value is -0.220. The molecule has 11 heavy (non-hydrogen) atoms. The summed E-state index contributed by atoms with van der Waals surface area (Å²) in [5.41, 5.74) is 1.52. The highest BCUT2D eigenvalue weighted by molar-refractivity contribution is 9.12. The van der Waals surface area contributed by atoms with Crippen LogP contribution in [0.3, 0.4) is 0 Å². The predicted octanol–water partition coefficient (Wildman–Crippen LogP) is 3.62. The lowest BCUT2D eigenvalue weighted by Gasteiger charge is -2.13. The van der Waals surface area contributed by atoms with Gasteiger partial charge in [0.2, 0.25) is 0 Å². The van der Waals surface area contributed by atoms with E-state index in [9.17, 15) is 0 Å². The zero-order valence-electron chi connectivity index (χ0n) is 6.91. The van der Waals surface area contributed by atoms with Crippen LogP contribution in [0.25, 0.3) is 0 Å². The van der Waals surface area contributed by atoms with Gasteiger partial charge in [0, 0.05) is 0 Å². The topological polar surface area (TPSA) is 0 Å². The Morgan fingerprint density at radius 3 is 2.45 bits per heavy atom. The molecule has 0 atom stereocenters. The normalized spacial score (nSPS) is 17.1. The molecule has 0 heterocycles. The third-order valence-electron chi connectivity index (χ3n) is 2.00. The molecule has 1 rings (SSSR count). The smallest absolute Gasteiger partial charge is 0.0665 e. The molecule has 0 amide bonds. The van der Waals surface area contributed by atoms with Crippen LogP contribution in [-0.2, 0) is 0 Å². The fourth-order valence-electron chi connectivity index (χ4n) is 1.40. The van der Waals surface area contributed by atoms with Gasteiger partial charge in [-0.25, -0.2) is 0 Å². The molecular weight excluding hydrogens is 200 g/mol. The second-order valence-corrected chi connectivity index (χ2v) is 3.65. The van der Waals surface area contributed by atoms with Crippen molar-refractivity contribution in [2.75, 3.05) is 0 Å². The molecule has 1 aliphatic rings. The molecule has 0 radical (unpaired) electrons. The van der Waals surface area contributed by atoms with Crippen molar-refractivity contribution in [3.63, 3.8) is 0 Å². The Morgan fingerprint density at radius 2 is 1.91 bits per heavy atom. The summed E-state index contributed by atoms with van der Waals surface area (Å²) in [6.07, 6.45) is 6.57. The summed E-state index contributed by atoms with van der Waals surface area (Å²) < 4.78 is 1.14. The van der Waals surface area contributed by atoms with Gasteiger partial charge in [-0.15, -0.1) is 5.92 Å². The zero-order valence-corrected chi connectivity index (χ0v) is 8.50. The molecule has 0 N–H and O–H groups in total. The van der Waals surface area contributed by atoms with Gasteiger partial charge < -0.3 is 0 Å². The zero-order chi connectivity index (χ0) is 8.10. The number of halogens is 1. The van der Waals surface area contributed by atoms with Gasteiger partial charge in [0.25, 0.3) is 0 Å². The van der Waals surface area contributed by atoms with Crippen molar-refractivity contribution in [1.82, 2.24) is 0 Å². The molecule has 0 aromatic carbocycles. The van der Waals surface area contributed by atoms with Crippen LogP contribution in [0, 0.1) is 11.8 Å². The molecule has 0 saturated heterocycles. The van der Waals surface area contributed by atoms with E-state index in [-0.39, 0.29) is 0 Å². The highest BCUT2D eigenvalue weighted by Gasteiger charge is 2.07. The summed E-state index contributed by atoms with van der Waals surface area (Å²) in [5, 5.41) is 0. The Kier molecular flexibility index (Phi) is 3.72. The molecule has 1 heteroatoms. The van der Waals surface area contributed by atoms with E-state index >= 15 is 0 Å². The maximum absolute atomic E-state index is 3.51. The average Bonchev–Trinajstić information content (AvgIpc) is 2.07. The van der Waals surface area contributed by atoms with Crippen LogP contribution in [0.15, 0.2) is 10.1 Å². The molecular formula is C10H13Br. The van der Waals surface area contributed by atoms with E-state index in [1.54, 1.807) is 0 Å². The van der Waals surface area contributed by atoms with Crippen LogP contribution in [-0.4, -0.2) is 0 Å². The maximum atomic E-state index is 3.51. The Morgan fingerprint density at radius 1 is 1.27 bits per heavy atom. The summed E-state index contributed by atoms with van der Waals surface area (Å²) >= 11 is 3.51. The molecule has 1 fully saturated rings. The third kappa shape index (κ3) is 2.71. The number of allylic oxidation sites excluding steroid dienone is 2. The van der Waals surface area contributed by atoms with Crippen LogP contribution >= 0.6 is 15.9 Å². The number of hydrogen-bond donors (Lipinski definition) is 0. The highest BCUT2D eigenvalue weighted by atomic mass is 79.9. The monoisotopic (exact) mass is 212 g/mol. The number of rotatable bonds is 0. The molecule has 0 spiro atoms. The second-order valence-electron chi connectivity index (χ2n) is 2.85. The molecule has 60 valence electrons. The van der Waals surface area contributed by atoms with Crippen LogP contribution in [0.2, 0.25) is 0 Å². The van der Waals surface area contributed by atoms with Gasteiger partial charge in [-0.1, -0.05) is 12.3 Å². The molecule has 1 aliphatic carbocycles. The molecule has 0 unspecified atom stereocenters. The van der Waals surface area contributed by atoms with Gasteiger partial charge in [-0.2, -0.15) is 0 Å². The summed E-state index contributed by atoms with van der Waals surface area (Å²) in [4.78, 5) is 0. The van der Waals surface area contributed by atoms with Gasteiger partial charge in [-0.3, -0.25) is 0 Å². The minimum atomic E-state index is 1.14. The summed E-state index contributed by atoms with van der Waals surface area (Å²) in [5.74, 6) is 5.97. The van der Waals surface area contributed by atoms with E-state index in [0.29, 0.717) is 0 Å². The van der Waals surface area contributed by atoms with Crippen LogP contribution in [0.1, 0.15) is 39.0 Å². The van der Waals surface area contributed by atoms with Crippen molar-refractivity contribution in [3.05, 3.63) is 10.1 Å². The number of hydrogen-bond acceptors (Lipinski definition) is 0. The highest BCUT2D eigenvalue weighted by Crippen LogP contribution is 2.27. The van der Waals surface area contributed by atoms with E-state index in [1.165, 1.54) is 37.7 Å². The van der Waals surface area contributed by atoms with E-state index < -0.39 is 0 Å². The lowest BCUT2D eigenvalue weighted by Crippen LogP contribution is -1.94. The Labute approximate surface area is 77.2 Å². The molecule has 0 bridgehead atoms. The first-order chi connectivity index (χ1) is 5.34. The first-order valence-electron chi connectivity index (χ1n) is 4.15. The Balaban J connectivity index is 2.65. The Bertz CT molecular complexity index is 207. The van der Waals surface area contributed by atoms with Crippen molar-refractivity contribution in [1.29, 1.82) is 0 Å². The fourth-order valence-corrected chi connectivity index (χ4v) is 1.99. The van der Waals surface area contributed by atoms with Gasteiger partial charge in [0.1, 0.15) is 0 Å². The summed E-state index contributed by atoms with van der Waals surface area (Å²) in [6, 6.07) is 0. The van der Waals surface area contributed by atoms with Crippen LogP contribution in [0.5, 0.6) is 0 Å². The largest absolute Gasteiger partial charge is 0.101 e. The van der Waals surface area contributed by atoms with Crippen molar-refractivity contribution >= 4 is 15.9 Å². The third-order valence-corrected chi connectivity index (χ3v) is 2.76. The van der Waals surface area contributed by atoms with Gasteiger partial charge in [-0.05, 0) is 54.1 Å². The molecule has 0 aromatic rings. The maximum Gasteiger partial charge on any atom is 0.0665 e. The van der Waals surface area contributed by atoms with Crippen molar-refractivity contribution in [2.45, 2.75) is 39.0 Å². The lowest BCUT2D eigenvalue weighted by atomic mass is 9.95. The minimum Gasteiger partial charge on any atom is -0.101 e. The second kappa shape index (κ2) is 4.62. The van der Waals surface area contributed by atoms with E-state index in [2.05, 4.69) is 27.8 Å². The molecule has 1 saturated carbocycles. The first kappa shape index (κ1) is 8.87. The fraction of sp³-hybridized carbons (Fsp3) is 0.600. The minimum absolute atomic E-state index is 1.14. The van der Waals surface area contributed by atoms with Gasteiger partial charge in [0.15, 0.2) is 0 Å². The van der Waals surface area contributed by atoms with Gasteiger partial charge >= 0.3 is 0 Å². The van der Waals surface area contributed by atoms with Crippen molar-refractivity contribution in [3.8, 4) is 11.8 Å². The van der Waals surface area contributed by atoms with Crippen molar-refractivity contribution in [2.24, 2.45) is 0 Å². The van der Waals surface area contributed by atoms with E-state index in [1.807, 2.05) is 6.92 Å². The summed E-state index contributed by atoms with van der Waals surface area (Å²) in [6.45, 7) is 1.88. The summed E-state index contributed by atoms with van der Waals surface area (Å²) in [7, 11) is 0. The standard InChI is InChI=1S/C10H13Br/c1-2-6-10(11)9-7-4-3-5-8-9/h3-5,7-8H2,1H3. The molecule has 0 nitrogen and oxygen atoms in total. The quantitative estimate of drug-likeness (QED) is 0.539. The molecule has 0 aliphatic heterocycles. The lowest BCUT2D eigenvalue weighted by molar-refractivity contribution is 0.599. The van der Waals surface area contributed by atoms with Crippen molar-refractivity contribution < 1.29 is 0 Å². The molecule has 0 aromatic heterocycles. The average molecular weight is 213 g/mol. The van der Waals surface area contributed by atoms with E-state index in [0.717, 1.165) is 4.48 Å². The van der Waals surface area contributed by atoms with Crippen LogP contribution in [0.4, 0.5) is 0 Å². The van der Waals surface area contributed by atoms with E-state index in [4.69, 9.17) is 0 Å².